The molecule has 0 aliphatic heterocycles. The van der Waals surface area contributed by atoms with Crippen molar-refractivity contribution < 1.29 is 14.3 Å². The number of hydrogen-bond donors (Lipinski definition) is 0. The quantitative estimate of drug-likeness (QED) is 0.781. The molecule has 0 N–H and O–H groups in total. The van der Waals surface area contributed by atoms with Crippen molar-refractivity contribution in [2.75, 3.05) is 33.9 Å². The van der Waals surface area contributed by atoms with E-state index in [0.717, 1.165) is 16.8 Å². The Morgan fingerprint density at radius 1 is 1.17 bits per heavy atom. The number of nitrogens with zero attached hydrogens (tertiary/aromatic N) is 3. The molecule has 0 bridgehead atoms. The Morgan fingerprint density at radius 2 is 1.88 bits per heavy atom. The monoisotopic (exact) mass is 329 g/mol. The van der Waals surface area contributed by atoms with Gasteiger partial charge in [-0.3, -0.25) is 4.79 Å². The van der Waals surface area contributed by atoms with Gasteiger partial charge in [-0.1, -0.05) is 12.1 Å². The fraction of sp³-hybridized carbons (Fsp3) is 0.389. The number of benzene rings is 1. The third-order valence-corrected chi connectivity index (χ3v) is 3.85. The molecule has 1 aromatic heterocycles. The van der Waals surface area contributed by atoms with Crippen LogP contribution >= 0.6 is 0 Å². The van der Waals surface area contributed by atoms with Crippen LogP contribution in [0.2, 0.25) is 0 Å². The van der Waals surface area contributed by atoms with Crippen LogP contribution in [0.1, 0.15) is 23.0 Å². The Kier molecular flexibility index (Phi) is 6.26. The first-order chi connectivity index (χ1) is 11.6. The number of amides is 1. The van der Waals surface area contributed by atoms with E-state index in [1.807, 2.05) is 38.1 Å². The van der Waals surface area contributed by atoms with Crippen molar-refractivity contribution >= 4 is 5.91 Å². The van der Waals surface area contributed by atoms with Crippen LogP contribution in [0.25, 0.3) is 11.1 Å². The third kappa shape index (κ3) is 3.89. The summed E-state index contributed by atoms with van der Waals surface area (Å²) in [5.41, 5.74) is 3.23. The van der Waals surface area contributed by atoms with Crippen molar-refractivity contribution in [1.29, 1.82) is 0 Å². The number of aromatic nitrogens is 2. The third-order valence-electron chi connectivity index (χ3n) is 3.85. The largest absolute Gasteiger partial charge is 0.480 e. The second kappa shape index (κ2) is 8.40. The minimum absolute atomic E-state index is 0.00546. The Labute approximate surface area is 142 Å². The summed E-state index contributed by atoms with van der Waals surface area (Å²) in [5.74, 6) is 0.519. The molecule has 128 valence electrons. The van der Waals surface area contributed by atoms with E-state index in [-0.39, 0.29) is 5.91 Å². The summed E-state index contributed by atoms with van der Waals surface area (Å²) >= 11 is 0. The van der Waals surface area contributed by atoms with Gasteiger partial charge in [0, 0.05) is 25.8 Å². The number of likely N-dealkylation sites (N-methyl/N-ethyl adjacent to an activating group) is 1. The van der Waals surface area contributed by atoms with E-state index in [0.29, 0.717) is 31.1 Å². The zero-order valence-electron chi connectivity index (χ0n) is 14.6. The summed E-state index contributed by atoms with van der Waals surface area (Å²) < 4.78 is 10.4. The second-order valence-corrected chi connectivity index (χ2v) is 5.30. The average Bonchev–Trinajstić information content (AvgIpc) is 2.62. The number of aryl methyl sites for hydroxylation is 1. The molecule has 1 aromatic carbocycles. The van der Waals surface area contributed by atoms with Crippen molar-refractivity contribution in [3.05, 3.63) is 41.9 Å². The molecule has 1 amide bonds. The lowest BCUT2D eigenvalue weighted by atomic mass is 10.0. The van der Waals surface area contributed by atoms with E-state index in [9.17, 15) is 4.79 Å². The van der Waals surface area contributed by atoms with Crippen LogP contribution in [0.4, 0.5) is 0 Å². The Hall–Kier alpha value is -2.47. The normalized spacial score (nSPS) is 10.5. The predicted octanol–water partition coefficient (Wildman–Crippen LogP) is 2.57. The van der Waals surface area contributed by atoms with Gasteiger partial charge in [0.05, 0.1) is 25.0 Å². The first kappa shape index (κ1) is 17.9. The van der Waals surface area contributed by atoms with Crippen molar-refractivity contribution in [2.24, 2.45) is 0 Å². The molecular weight excluding hydrogens is 306 g/mol. The van der Waals surface area contributed by atoms with E-state index < -0.39 is 0 Å². The number of hydrogen-bond acceptors (Lipinski definition) is 5. The molecule has 0 unspecified atom stereocenters. The van der Waals surface area contributed by atoms with Crippen molar-refractivity contribution in [3.63, 3.8) is 0 Å². The van der Waals surface area contributed by atoms with Gasteiger partial charge in [0.15, 0.2) is 0 Å². The number of carbonyl (C=O) groups is 1. The summed E-state index contributed by atoms with van der Waals surface area (Å²) in [5, 5.41) is 0. The molecule has 1 heterocycles. The summed E-state index contributed by atoms with van der Waals surface area (Å²) in [4.78, 5) is 22.7. The first-order valence-corrected chi connectivity index (χ1v) is 7.86. The highest BCUT2D eigenvalue weighted by atomic mass is 16.5. The summed E-state index contributed by atoms with van der Waals surface area (Å²) in [6.07, 6.45) is 1.48. The first-order valence-electron chi connectivity index (χ1n) is 7.86. The Morgan fingerprint density at radius 3 is 2.46 bits per heavy atom. The number of rotatable bonds is 7. The van der Waals surface area contributed by atoms with Crippen LogP contribution in [0.3, 0.4) is 0 Å². The molecule has 6 heteroatoms. The number of methoxy groups -OCH3 is 2. The van der Waals surface area contributed by atoms with Crippen LogP contribution in [-0.4, -0.2) is 54.7 Å². The second-order valence-electron chi connectivity index (χ2n) is 5.30. The lowest BCUT2D eigenvalue weighted by molar-refractivity contribution is 0.0706. The van der Waals surface area contributed by atoms with E-state index in [4.69, 9.17) is 9.47 Å². The fourth-order valence-corrected chi connectivity index (χ4v) is 2.51. The van der Waals surface area contributed by atoms with E-state index in [1.165, 1.54) is 6.33 Å². The standard InChI is InChI=1S/C18H23N3O3/c1-5-21(10-11-23-3)18(22)15-8-6-14(7-9-15)16-13(2)19-12-20-17(16)24-4/h6-9,12H,5,10-11H2,1-4H3. The number of ether oxygens (including phenoxy) is 2. The topological polar surface area (TPSA) is 64.5 Å². The molecule has 0 spiro atoms. The highest BCUT2D eigenvalue weighted by molar-refractivity contribution is 5.94. The molecule has 0 radical (unpaired) electrons. The van der Waals surface area contributed by atoms with Gasteiger partial charge in [0.25, 0.3) is 5.91 Å². The summed E-state index contributed by atoms with van der Waals surface area (Å²) in [6.45, 7) is 5.60. The van der Waals surface area contributed by atoms with Crippen LogP contribution in [0.5, 0.6) is 5.88 Å². The lowest BCUT2D eigenvalue weighted by Crippen LogP contribution is -2.33. The predicted molar refractivity (Wildman–Crippen MR) is 92.2 cm³/mol. The molecule has 0 saturated carbocycles. The molecule has 2 rings (SSSR count). The molecule has 0 aliphatic rings. The minimum atomic E-state index is -0.00546. The van der Waals surface area contributed by atoms with E-state index in [1.54, 1.807) is 19.1 Å². The smallest absolute Gasteiger partial charge is 0.253 e. The molecule has 0 saturated heterocycles. The SMILES string of the molecule is CCN(CCOC)C(=O)c1ccc(-c2c(C)ncnc2OC)cc1. The maximum atomic E-state index is 12.5. The zero-order valence-corrected chi connectivity index (χ0v) is 14.6. The van der Waals surface area contributed by atoms with Crippen molar-refractivity contribution in [3.8, 4) is 17.0 Å². The highest BCUT2D eigenvalue weighted by Crippen LogP contribution is 2.30. The summed E-state index contributed by atoms with van der Waals surface area (Å²) in [6, 6.07) is 7.43. The van der Waals surface area contributed by atoms with Gasteiger partial charge in [0.2, 0.25) is 5.88 Å². The molecule has 0 fully saturated rings. The summed E-state index contributed by atoms with van der Waals surface area (Å²) in [7, 11) is 3.21. The minimum Gasteiger partial charge on any atom is -0.480 e. The lowest BCUT2D eigenvalue weighted by Gasteiger charge is -2.20. The van der Waals surface area contributed by atoms with Crippen LogP contribution in [-0.2, 0) is 4.74 Å². The molecule has 2 aromatic rings. The van der Waals surface area contributed by atoms with Crippen molar-refractivity contribution in [2.45, 2.75) is 13.8 Å². The van der Waals surface area contributed by atoms with Crippen molar-refractivity contribution in [1.82, 2.24) is 14.9 Å². The molecule has 0 aliphatic carbocycles. The van der Waals surface area contributed by atoms with Gasteiger partial charge >= 0.3 is 0 Å². The average molecular weight is 329 g/mol. The van der Waals surface area contributed by atoms with Gasteiger partial charge < -0.3 is 14.4 Å². The molecule has 24 heavy (non-hydrogen) atoms. The van der Waals surface area contributed by atoms with E-state index >= 15 is 0 Å². The Bertz CT molecular complexity index is 686. The van der Waals surface area contributed by atoms with Crippen LogP contribution in [0, 0.1) is 6.92 Å². The van der Waals surface area contributed by atoms with Gasteiger partial charge in [-0.2, -0.15) is 0 Å². The van der Waals surface area contributed by atoms with Gasteiger partial charge in [-0.15, -0.1) is 0 Å². The highest BCUT2D eigenvalue weighted by Gasteiger charge is 2.16. The molecular formula is C18H23N3O3. The van der Waals surface area contributed by atoms with E-state index in [2.05, 4.69) is 9.97 Å². The van der Waals surface area contributed by atoms with Gasteiger partial charge in [-0.05, 0) is 31.5 Å². The molecule has 6 nitrogen and oxygen atoms in total. The Balaban J connectivity index is 2.27. The number of carbonyl (C=O) groups excluding carboxylic acids is 1. The fourth-order valence-electron chi connectivity index (χ4n) is 2.51. The maximum Gasteiger partial charge on any atom is 0.253 e. The van der Waals surface area contributed by atoms with Gasteiger partial charge in [-0.25, -0.2) is 9.97 Å². The van der Waals surface area contributed by atoms with Gasteiger partial charge in [0.1, 0.15) is 6.33 Å². The van der Waals surface area contributed by atoms with Crippen LogP contribution < -0.4 is 4.74 Å². The van der Waals surface area contributed by atoms with Crippen LogP contribution in [0.15, 0.2) is 30.6 Å². The molecule has 0 atom stereocenters. The maximum absolute atomic E-state index is 12.5. The zero-order chi connectivity index (χ0) is 17.5.